The highest BCUT2D eigenvalue weighted by Gasteiger charge is 2.19. The Morgan fingerprint density at radius 3 is 2.23 bits per heavy atom. The molecule has 0 fully saturated rings. The maximum absolute atomic E-state index is 10.3. The predicted molar refractivity (Wildman–Crippen MR) is 96.5 cm³/mol. The van der Waals surface area contributed by atoms with Crippen LogP contribution in [-0.2, 0) is 0 Å². The normalized spacial score (nSPS) is 13.8. The molecular weight excluding hydrogens is 294 g/mol. The van der Waals surface area contributed by atoms with Gasteiger partial charge in [0.15, 0.2) is 0 Å². The zero-order valence-electron chi connectivity index (χ0n) is 12.7. The highest BCUT2D eigenvalue weighted by Crippen LogP contribution is 2.32. The van der Waals surface area contributed by atoms with Crippen molar-refractivity contribution in [3.05, 3.63) is 60.2 Å². The summed E-state index contributed by atoms with van der Waals surface area (Å²) in [7, 11) is 0. The average Bonchev–Trinajstić information content (AvgIpc) is 2.53. The highest BCUT2D eigenvalue weighted by atomic mass is 35.5. The summed E-state index contributed by atoms with van der Waals surface area (Å²) >= 11 is 0. The maximum Gasteiger partial charge on any atom is 0.0732 e. The van der Waals surface area contributed by atoms with E-state index in [1.165, 1.54) is 16.2 Å². The Morgan fingerprint density at radius 1 is 0.955 bits per heavy atom. The molecule has 0 aromatic heterocycles. The summed E-state index contributed by atoms with van der Waals surface area (Å²) in [6.45, 7) is 2.06. The van der Waals surface area contributed by atoms with Gasteiger partial charge in [0, 0.05) is 0 Å². The van der Waals surface area contributed by atoms with Gasteiger partial charge in [0.05, 0.1) is 12.1 Å². The third-order valence-corrected chi connectivity index (χ3v) is 4.16. The molecule has 0 aliphatic rings. The molecule has 3 aromatic rings. The molecule has 116 valence electrons. The third-order valence-electron chi connectivity index (χ3n) is 4.16. The molecule has 3 heteroatoms. The molecule has 0 unspecified atom stereocenters. The van der Waals surface area contributed by atoms with Crippen molar-refractivity contribution >= 4 is 34.0 Å². The van der Waals surface area contributed by atoms with Gasteiger partial charge in [0.1, 0.15) is 0 Å². The summed E-state index contributed by atoms with van der Waals surface area (Å²) in [5, 5.41) is 15.0. The molecule has 3 rings (SSSR count). The largest absolute Gasteiger partial charge is 0.391 e. The first-order valence-electron chi connectivity index (χ1n) is 7.56. The first-order valence-corrected chi connectivity index (χ1v) is 7.56. The van der Waals surface area contributed by atoms with Gasteiger partial charge in [-0.05, 0) is 39.6 Å². The first kappa shape index (κ1) is 16.8. The van der Waals surface area contributed by atoms with Crippen LogP contribution in [0.2, 0.25) is 0 Å². The molecule has 3 N–H and O–H groups in total. The third kappa shape index (κ3) is 2.95. The minimum atomic E-state index is -0.500. The number of fused-ring (bicyclic) bond motifs is 3. The van der Waals surface area contributed by atoms with Crippen LogP contribution in [0.3, 0.4) is 0 Å². The lowest BCUT2D eigenvalue weighted by molar-refractivity contribution is 0.135. The number of rotatable bonds is 4. The summed E-state index contributed by atoms with van der Waals surface area (Å²) in [6, 6.07) is 18.4. The number of aliphatic hydroxyl groups is 1. The zero-order valence-corrected chi connectivity index (χ0v) is 13.5. The van der Waals surface area contributed by atoms with Crippen LogP contribution in [0.5, 0.6) is 0 Å². The minimum Gasteiger partial charge on any atom is -0.391 e. The van der Waals surface area contributed by atoms with Crippen molar-refractivity contribution in [1.82, 2.24) is 0 Å². The molecule has 0 aliphatic carbocycles. The van der Waals surface area contributed by atoms with Gasteiger partial charge in [-0.3, -0.25) is 0 Å². The molecule has 0 spiro atoms. The number of aliphatic hydroxyl groups excluding tert-OH is 1. The van der Waals surface area contributed by atoms with Crippen LogP contribution >= 0.6 is 12.4 Å². The van der Waals surface area contributed by atoms with Crippen molar-refractivity contribution in [1.29, 1.82) is 0 Å². The standard InChI is InChI=1S/C19H21NO.ClH/c1-2-7-18(21)19(20)17-12-13-8-3-4-9-14(13)15-10-5-6-11-16(15)17;/h3-6,8-12,18-19,21H,2,7,20H2,1H3;1H/t18-,19+;/m0./s1. The fourth-order valence-electron chi connectivity index (χ4n) is 3.04. The number of nitrogens with two attached hydrogens (primary N) is 1. The summed E-state index contributed by atoms with van der Waals surface area (Å²) < 4.78 is 0. The fourth-order valence-corrected chi connectivity index (χ4v) is 3.04. The minimum absolute atomic E-state index is 0. The second-order valence-electron chi connectivity index (χ2n) is 5.61. The van der Waals surface area contributed by atoms with Gasteiger partial charge in [0.25, 0.3) is 0 Å². The van der Waals surface area contributed by atoms with Gasteiger partial charge in [0.2, 0.25) is 0 Å². The Kier molecular flexibility index (Phi) is 5.41. The van der Waals surface area contributed by atoms with Crippen molar-refractivity contribution in [2.24, 2.45) is 5.73 Å². The fraction of sp³-hybridized carbons (Fsp3) is 0.263. The molecule has 0 amide bonds. The van der Waals surface area contributed by atoms with Crippen LogP contribution < -0.4 is 5.73 Å². The van der Waals surface area contributed by atoms with Crippen molar-refractivity contribution in [3.63, 3.8) is 0 Å². The topological polar surface area (TPSA) is 46.2 Å². The van der Waals surface area contributed by atoms with Gasteiger partial charge >= 0.3 is 0 Å². The van der Waals surface area contributed by atoms with Gasteiger partial charge in [-0.1, -0.05) is 61.9 Å². The zero-order chi connectivity index (χ0) is 14.8. The first-order chi connectivity index (χ1) is 10.2. The second-order valence-corrected chi connectivity index (χ2v) is 5.61. The highest BCUT2D eigenvalue weighted by molar-refractivity contribution is 6.09. The van der Waals surface area contributed by atoms with Crippen LogP contribution in [0, 0.1) is 0 Å². The van der Waals surface area contributed by atoms with E-state index >= 15 is 0 Å². The summed E-state index contributed by atoms with van der Waals surface area (Å²) in [5.74, 6) is 0. The summed E-state index contributed by atoms with van der Waals surface area (Å²) in [6.07, 6.45) is 1.16. The summed E-state index contributed by atoms with van der Waals surface area (Å²) in [5.41, 5.74) is 7.36. The van der Waals surface area contributed by atoms with E-state index in [1.807, 2.05) is 18.2 Å². The smallest absolute Gasteiger partial charge is 0.0732 e. The van der Waals surface area contributed by atoms with Gasteiger partial charge in [-0.2, -0.15) is 0 Å². The number of hydrogen-bond donors (Lipinski definition) is 2. The van der Waals surface area contributed by atoms with E-state index in [2.05, 4.69) is 43.3 Å². The van der Waals surface area contributed by atoms with E-state index in [-0.39, 0.29) is 18.4 Å². The molecule has 0 radical (unpaired) electrons. The van der Waals surface area contributed by atoms with E-state index in [1.54, 1.807) is 0 Å². The Balaban J connectivity index is 0.00000176. The van der Waals surface area contributed by atoms with E-state index in [4.69, 9.17) is 5.73 Å². The van der Waals surface area contributed by atoms with E-state index in [0.29, 0.717) is 0 Å². The molecule has 0 bridgehead atoms. The molecule has 0 saturated heterocycles. The lowest BCUT2D eigenvalue weighted by atomic mass is 9.90. The van der Waals surface area contributed by atoms with Crippen molar-refractivity contribution in [2.45, 2.75) is 31.9 Å². The Bertz CT molecular complexity index is 772. The maximum atomic E-state index is 10.3. The molecular formula is C19H22ClNO. The molecule has 0 saturated carbocycles. The Hall–Kier alpha value is -1.61. The average molecular weight is 316 g/mol. The van der Waals surface area contributed by atoms with E-state index < -0.39 is 6.10 Å². The molecule has 22 heavy (non-hydrogen) atoms. The van der Waals surface area contributed by atoms with Crippen molar-refractivity contribution in [2.75, 3.05) is 0 Å². The Labute approximate surface area is 137 Å². The van der Waals surface area contributed by atoms with Crippen LogP contribution in [0.15, 0.2) is 54.6 Å². The molecule has 2 nitrogen and oxygen atoms in total. The van der Waals surface area contributed by atoms with E-state index in [0.717, 1.165) is 23.8 Å². The number of halogens is 1. The second kappa shape index (κ2) is 7.10. The van der Waals surface area contributed by atoms with Crippen molar-refractivity contribution in [3.8, 4) is 0 Å². The van der Waals surface area contributed by atoms with Gasteiger partial charge in [-0.25, -0.2) is 0 Å². The van der Waals surface area contributed by atoms with Crippen molar-refractivity contribution < 1.29 is 5.11 Å². The van der Waals surface area contributed by atoms with E-state index in [9.17, 15) is 5.11 Å². The lowest BCUT2D eigenvalue weighted by Crippen LogP contribution is -2.26. The molecule has 2 atom stereocenters. The molecule has 0 heterocycles. The SMILES string of the molecule is CCC[C@H](O)[C@H](N)c1cc2ccccc2c2ccccc12.Cl. The van der Waals surface area contributed by atoms with Crippen LogP contribution in [0.25, 0.3) is 21.5 Å². The van der Waals surface area contributed by atoms with Crippen LogP contribution in [0.4, 0.5) is 0 Å². The van der Waals surface area contributed by atoms with Gasteiger partial charge in [-0.15, -0.1) is 12.4 Å². The van der Waals surface area contributed by atoms with Crippen LogP contribution in [0.1, 0.15) is 31.4 Å². The lowest BCUT2D eigenvalue weighted by Gasteiger charge is -2.21. The van der Waals surface area contributed by atoms with Crippen LogP contribution in [-0.4, -0.2) is 11.2 Å². The Morgan fingerprint density at radius 2 is 1.55 bits per heavy atom. The molecule has 3 aromatic carbocycles. The number of benzene rings is 3. The molecule has 0 aliphatic heterocycles. The number of hydrogen-bond acceptors (Lipinski definition) is 2. The monoisotopic (exact) mass is 315 g/mol. The van der Waals surface area contributed by atoms with Gasteiger partial charge < -0.3 is 10.8 Å². The predicted octanol–water partition coefficient (Wildman–Crippen LogP) is 4.58. The summed E-state index contributed by atoms with van der Waals surface area (Å²) in [4.78, 5) is 0. The quantitative estimate of drug-likeness (QED) is 0.692.